The number of carbonyl (C=O) groups excluding carboxylic acids is 1. The number of hydrogen-bond acceptors (Lipinski definition) is 8. The molecule has 2 N–H and O–H groups in total. The fraction of sp³-hybridized carbons (Fsp3) is 0.345. The van der Waals surface area contributed by atoms with Crippen LogP contribution in [0.15, 0.2) is 67.3 Å². The number of nitrogens with one attached hydrogen (secondary N) is 2. The monoisotopic (exact) mass is 509 g/mol. The number of Topliss-reactive ketones (excluding diaryl/α,β-unsaturated/α-hetero) is 1. The number of likely N-dealkylation sites (tertiary alicyclic amines) is 1. The molecule has 0 bridgehead atoms. The minimum Gasteiger partial charge on any atom is -0.492 e. The smallest absolute Gasteiger partial charge is 0.181 e. The predicted octanol–water partition coefficient (Wildman–Crippen LogP) is 4.43. The zero-order valence-electron chi connectivity index (χ0n) is 21.4. The van der Waals surface area contributed by atoms with Gasteiger partial charge in [-0.2, -0.15) is 5.10 Å². The molecule has 9 nitrogen and oxygen atoms in total. The molecule has 0 spiro atoms. The molecule has 0 saturated carbocycles. The van der Waals surface area contributed by atoms with Crippen LogP contribution in [-0.4, -0.2) is 62.6 Å². The number of hydrogen-bond donors (Lipinski definition) is 2. The van der Waals surface area contributed by atoms with Gasteiger partial charge in [-0.1, -0.05) is 12.1 Å². The van der Waals surface area contributed by atoms with Crippen LogP contribution >= 0.6 is 0 Å². The molecular formula is C29H31N7O2. The zero-order valence-corrected chi connectivity index (χ0v) is 21.4. The molecule has 1 aromatic carbocycles. The highest BCUT2D eigenvalue weighted by Crippen LogP contribution is 2.37. The predicted molar refractivity (Wildman–Crippen MR) is 144 cm³/mol. The Balaban J connectivity index is 1.24. The van der Waals surface area contributed by atoms with Crippen molar-refractivity contribution < 1.29 is 9.53 Å². The summed E-state index contributed by atoms with van der Waals surface area (Å²) in [4.78, 5) is 28.9. The molecule has 1 atom stereocenters. The third-order valence-corrected chi connectivity index (χ3v) is 7.70. The first kappa shape index (κ1) is 24.2. The number of rotatable bonds is 7. The molecule has 4 aromatic rings. The number of carbonyl (C=O) groups is 1. The van der Waals surface area contributed by atoms with Crippen molar-refractivity contribution in [3.63, 3.8) is 0 Å². The summed E-state index contributed by atoms with van der Waals surface area (Å²) in [6, 6.07) is 13.6. The molecule has 0 unspecified atom stereocenters. The van der Waals surface area contributed by atoms with E-state index in [1.807, 2.05) is 42.5 Å². The summed E-state index contributed by atoms with van der Waals surface area (Å²) >= 11 is 0. The number of pyridine rings is 2. The fourth-order valence-electron chi connectivity index (χ4n) is 5.44. The number of ketones is 1. The first-order valence-corrected chi connectivity index (χ1v) is 13.1. The second-order valence-corrected chi connectivity index (χ2v) is 10.2. The molecule has 9 heteroatoms. The maximum Gasteiger partial charge on any atom is 0.181 e. The lowest BCUT2D eigenvalue weighted by molar-refractivity contribution is 0.0965. The Hall–Kier alpha value is -4.11. The van der Waals surface area contributed by atoms with Crippen molar-refractivity contribution >= 4 is 11.5 Å². The number of fused-ring (bicyclic) bond motifs is 1. The maximum absolute atomic E-state index is 13.4. The summed E-state index contributed by atoms with van der Waals surface area (Å²) in [6.07, 6.45) is 9.97. The van der Waals surface area contributed by atoms with Crippen molar-refractivity contribution in [1.29, 1.82) is 0 Å². The van der Waals surface area contributed by atoms with Gasteiger partial charge in [0, 0.05) is 60.5 Å². The number of aromatic amines is 1. The SMILES string of the molecule is CN1CCC(Nc2cccc(C(=O)C[C@H]3CCOc4cnccc43)c2)(c2nc(-c3ccncc3)n[nH]2)CC1. The van der Waals surface area contributed by atoms with Gasteiger partial charge in [-0.25, -0.2) is 4.98 Å². The second kappa shape index (κ2) is 10.3. The highest BCUT2D eigenvalue weighted by molar-refractivity contribution is 5.97. The van der Waals surface area contributed by atoms with Crippen molar-refractivity contribution in [3.8, 4) is 17.1 Å². The van der Waals surface area contributed by atoms with E-state index in [2.05, 4.69) is 37.4 Å². The second-order valence-electron chi connectivity index (χ2n) is 10.2. The van der Waals surface area contributed by atoms with Gasteiger partial charge in [0.15, 0.2) is 17.4 Å². The molecule has 1 fully saturated rings. The number of benzene rings is 1. The summed E-state index contributed by atoms with van der Waals surface area (Å²) in [5.41, 5.74) is 3.17. The van der Waals surface area contributed by atoms with Crippen LogP contribution in [0.4, 0.5) is 5.69 Å². The van der Waals surface area contributed by atoms with Gasteiger partial charge in [-0.3, -0.25) is 19.9 Å². The van der Waals surface area contributed by atoms with Gasteiger partial charge in [0.1, 0.15) is 5.75 Å². The van der Waals surface area contributed by atoms with Crippen LogP contribution in [0, 0.1) is 0 Å². The molecule has 194 valence electrons. The lowest BCUT2D eigenvalue weighted by Gasteiger charge is -2.40. The first-order valence-electron chi connectivity index (χ1n) is 13.1. The molecule has 5 heterocycles. The van der Waals surface area contributed by atoms with E-state index in [0.29, 0.717) is 24.4 Å². The van der Waals surface area contributed by atoms with E-state index < -0.39 is 5.54 Å². The normalized spacial score (nSPS) is 18.8. The molecule has 0 aliphatic carbocycles. The molecule has 1 saturated heterocycles. The van der Waals surface area contributed by atoms with E-state index in [-0.39, 0.29) is 11.7 Å². The average molecular weight is 510 g/mol. The third kappa shape index (κ3) is 4.89. The Bertz CT molecular complexity index is 1410. The van der Waals surface area contributed by atoms with Crippen molar-refractivity contribution in [2.45, 2.75) is 37.1 Å². The third-order valence-electron chi connectivity index (χ3n) is 7.70. The molecular weight excluding hydrogens is 478 g/mol. The van der Waals surface area contributed by atoms with Crippen molar-refractivity contribution in [1.82, 2.24) is 30.0 Å². The quantitative estimate of drug-likeness (QED) is 0.352. The number of H-pyrrole nitrogens is 1. The number of aromatic nitrogens is 5. The van der Waals surface area contributed by atoms with Crippen molar-refractivity contribution in [2.24, 2.45) is 0 Å². The Morgan fingerprint density at radius 2 is 1.95 bits per heavy atom. The van der Waals surface area contributed by atoms with Gasteiger partial charge >= 0.3 is 0 Å². The highest BCUT2D eigenvalue weighted by atomic mass is 16.5. The van der Waals surface area contributed by atoms with Crippen LogP contribution in [0.3, 0.4) is 0 Å². The van der Waals surface area contributed by atoms with E-state index >= 15 is 0 Å². The fourth-order valence-corrected chi connectivity index (χ4v) is 5.44. The van der Waals surface area contributed by atoms with Gasteiger partial charge in [0.2, 0.25) is 0 Å². The van der Waals surface area contributed by atoms with E-state index in [0.717, 1.165) is 60.7 Å². The van der Waals surface area contributed by atoms with Crippen LogP contribution in [0.1, 0.15) is 53.3 Å². The highest BCUT2D eigenvalue weighted by Gasteiger charge is 2.39. The minimum absolute atomic E-state index is 0.125. The van der Waals surface area contributed by atoms with E-state index in [1.165, 1.54) is 0 Å². The Morgan fingerprint density at radius 3 is 2.79 bits per heavy atom. The number of anilines is 1. The Labute approximate surface area is 221 Å². The van der Waals surface area contributed by atoms with Crippen LogP contribution in [0.2, 0.25) is 0 Å². The average Bonchev–Trinajstić information content (AvgIpc) is 3.47. The summed E-state index contributed by atoms with van der Waals surface area (Å²) in [5, 5.41) is 11.5. The first-order chi connectivity index (χ1) is 18.6. The Morgan fingerprint density at radius 1 is 1.13 bits per heavy atom. The summed E-state index contributed by atoms with van der Waals surface area (Å²) in [5.74, 6) is 2.50. The van der Waals surface area contributed by atoms with Crippen molar-refractivity contribution in [3.05, 3.63) is 84.2 Å². The van der Waals surface area contributed by atoms with Crippen LogP contribution in [0.5, 0.6) is 5.75 Å². The van der Waals surface area contributed by atoms with Gasteiger partial charge in [0.25, 0.3) is 0 Å². The number of piperidine rings is 1. The Kier molecular flexibility index (Phi) is 6.59. The molecule has 2 aliphatic rings. The molecule has 6 rings (SSSR count). The molecule has 0 amide bonds. The van der Waals surface area contributed by atoms with Gasteiger partial charge < -0.3 is 15.0 Å². The lowest BCUT2D eigenvalue weighted by Crippen LogP contribution is -2.46. The van der Waals surface area contributed by atoms with Crippen LogP contribution < -0.4 is 10.1 Å². The maximum atomic E-state index is 13.4. The van der Waals surface area contributed by atoms with Gasteiger partial charge in [-0.15, -0.1) is 0 Å². The van der Waals surface area contributed by atoms with E-state index in [1.54, 1.807) is 24.8 Å². The van der Waals surface area contributed by atoms with E-state index in [4.69, 9.17) is 9.72 Å². The minimum atomic E-state index is -0.418. The summed E-state index contributed by atoms with van der Waals surface area (Å²) in [7, 11) is 2.14. The van der Waals surface area contributed by atoms with Crippen LogP contribution in [0.25, 0.3) is 11.4 Å². The standard InChI is InChI=1S/C29H31N7O2/c1-36-14-9-29(10-15-36,28-32-27(34-35-28)20-5-11-30-12-6-20)33-23-4-2-3-22(17-23)25(37)18-21-8-16-38-26-19-31-13-7-24(21)26/h2-7,11-13,17,19,21,33H,8-10,14-16,18H2,1H3,(H,32,34,35)/t21-/m1/s1. The molecule has 2 aliphatic heterocycles. The lowest BCUT2D eigenvalue weighted by atomic mass is 9.86. The number of ether oxygens (including phenoxy) is 1. The van der Waals surface area contributed by atoms with Crippen LogP contribution in [-0.2, 0) is 5.54 Å². The molecule has 38 heavy (non-hydrogen) atoms. The zero-order chi connectivity index (χ0) is 26.0. The van der Waals surface area contributed by atoms with Gasteiger partial charge in [-0.05, 0) is 62.6 Å². The largest absolute Gasteiger partial charge is 0.492 e. The molecule has 3 aromatic heterocycles. The summed E-state index contributed by atoms with van der Waals surface area (Å²) < 4.78 is 5.73. The van der Waals surface area contributed by atoms with Crippen molar-refractivity contribution in [2.75, 3.05) is 32.1 Å². The molecule has 0 radical (unpaired) electrons. The summed E-state index contributed by atoms with van der Waals surface area (Å²) in [6.45, 7) is 2.46. The van der Waals surface area contributed by atoms with Gasteiger partial charge in [0.05, 0.1) is 18.3 Å². The van der Waals surface area contributed by atoms with E-state index in [9.17, 15) is 4.79 Å². The topological polar surface area (TPSA) is 109 Å². The number of nitrogens with zero attached hydrogens (tertiary/aromatic N) is 5.